The van der Waals surface area contributed by atoms with Crippen LogP contribution >= 0.6 is 15.6 Å². The van der Waals surface area contributed by atoms with Crippen LogP contribution in [0.3, 0.4) is 0 Å². The Labute approximate surface area is 288 Å². The number of phosphoric ester groups is 1. The zero-order valence-corrected chi connectivity index (χ0v) is 28.5. The normalized spacial score (nSPS) is 22.4. The van der Waals surface area contributed by atoms with E-state index in [2.05, 4.69) is 14.0 Å². The Hall–Kier alpha value is 0.440. The number of ether oxygens (including phenoxy) is 1. The molecule has 1 saturated heterocycles. The molecule has 16 nitrogen and oxygen atoms in total. The Morgan fingerprint density at radius 1 is 1.08 bits per heavy atom. The van der Waals surface area contributed by atoms with Crippen molar-refractivity contribution in [3.63, 3.8) is 0 Å². The van der Waals surface area contributed by atoms with E-state index in [-0.39, 0.29) is 110 Å². The minimum absolute atomic E-state index is 0. The van der Waals surface area contributed by atoms with Crippen LogP contribution < -0.4 is 99.9 Å². The van der Waals surface area contributed by atoms with E-state index >= 15 is 0 Å². The maximum absolute atomic E-state index is 13.9. The Balaban J connectivity index is -0.00000253. The van der Waals surface area contributed by atoms with E-state index in [1.54, 1.807) is 0 Å². The molecule has 0 aliphatic carbocycles. The number of para-hydroxylation sites is 1. The van der Waals surface area contributed by atoms with Crippen LogP contribution in [0, 0.1) is 5.82 Å². The first-order valence-corrected chi connectivity index (χ1v) is 12.9. The van der Waals surface area contributed by atoms with Gasteiger partial charge in [-0.3, -0.25) is 18.5 Å². The van der Waals surface area contributed by atoms with Gasteiger partial charge >= 0.3 is 110 Å². The third-order valence-corrected chi connectivity index (χ3v) is 7.30. The number of hydrogen-bond acceptors (Lipinski definition) is 11. The van der Waals surface area contributed by atoms with Gasteiger partial charge < -0.3 is 38.4 Å². The average Bonchev–Trinajstić information content (AvgIpc) is 3.31. The van der Waals surface area contributed by atoms with Gasteiger partial charge in [0.25, 0.3) is 5.56 Å². The predicted octanol–water partition coefficient (Wildman–Crippen LogP) is -9.47. The number of nitrogens with zero attached hydrogens (tertiary/aromatic N) is 3. The van der Waals surface area contributed by atoms with Gasteiger partial charge in [0, 0.05) is 17.6 Å². The Morgan fingerprint density at radius 3 is 2.38 bits per heavy atom. The molecule has 1 aliphatic rings. The van der Waals surface area contributed by atoms with Gasteiger partial charge in [-0.15, -0.1) is 0 Å². The van der Waals surface area contributed by atoms with Crippen LogP contribution in [0.15, 0.2) is 44.6 Å². The molecule has 22 heteroatoms. The number of aliphatic hydroxyl groups is 2. The molecule has 202 valence electrons. The van der Waals surface area contributed by atoms with Crippen molar-refractivity contribution in [2.24, 2.45) is 0 Å². The van der Waals surface area contributed by atoms with E-state index in [9.17, 15) is 38.2 Å². The van der Waals surface area contributed by atoms with E-state index in [1.165, 1.54) is 12.1 Å². The zero-order valence-electron chi connectivity index (χ0n) is 23.7. The summed E-state index contributed by atoms with van der Waals surface area (Å²) in [5.74, 6) is -0.701. The summed E-state index contributed by atoms with van der Waals surface area (Å²) in [6, 6.07) is 4.94. The first-order chi connectivity index (χ1) is 16.8. The van der Waals surface area contributed by atoms with Gasteiger partial charge in [0.15, 0.2) is 12.0 Å². The first kappa shape index (κ1) is 37.5. The molecule has 1 aromatic carbocycles. The van der Waals surface area contributed by atoms with Crippen molar-refractivity contribution >= 4 is 26.6 Å². The van der Waals surface area contributed by atoms with Gasteiger partial charge in [0.05, 0.1) is 13.2 Å². The van der Waals surface area contributed by atoms with Crippen LogP contribution in [0.25, 0.3) is 11.0 Å². The van der Waals surface area contributed by atoms with Crippen molar-refractivity contribution < 1.29 is 149 Å². The smallest absolute Gasteiger partial charge is 1.00 e. The second-order valence-electron chi connectivity index (χ2n) is 7.56. The fourth-order valence-electron chi connectivity index (χ4n) is 3.54. The first-order valence-electron chi connectivity index (χ1n) is 9.88. The summed E-state index contributed by atoms with van der Waals surface area (Å²) in [6.07, 6.45) is -5.79. The Bertz CT molecular complexity index is 1530. The van der Waals surface area contributed by atoms with Gasteiger partial charge in [-0.25, -0.2) is 18.3 Å². The van der Waals surface area contributed by atoms with Crippen molar-refractivity contribution in [1.82, 2.24) is 14.3 Å². The van der Waals surface area contributed by atoms with Crippen molar-refractivity contribution in [2.45, 2.75) is 31.1 Å². The molecular weight excluding hydrogens is 604 g/mol. The zero-order chi connectivity index (χ0) is 26.4. The fraction of sp³-hybridized carbons (Fsp3) is 0.353. The van der Waals surface area contributed by atoms with Gasteiger partial charge in [-0.1, -0.05) is 11.2 Å². The number of hydrogen-bond donors (Lipinski definition) is 5. The Kier molecular flexibility index (Phi) is 14.2. The fourth-order valence-corrected chi connectivity index (χ4v) is 5.13. The van der Waals surface area contributed by atoms with Crippen LogP contribution in [0.2, 0.25) is 0 Å². The molecule has 0 spiro atoms. The van der Waals surface area contributed by atoms with E-state index in [0.717, 1.165) is 22.9 Å². The molecule has 2 aromatic heterocycles. The molecule has 0 amide bonds. The monoisotopic (exact) mass is 625 g/mol. The van der Waals surface area contributed by atoms with Crippen LogP contribution in [-0.2, 0) is 29.2 Å². The summed E-state index contributed by atoms with van der Waals surface area (Å²) in [6.45, 7) is -1.42. The number of halogens is 1. The third-order valence-electron chi connectivity index (χ3n) is 5.15. The molecule has 0 saturated carbocycles. The number of phosphoric acid groups is 2. The van der Waals surface area contributed by atoms with Crippen molar-refractivity contribution in [3.8, 4) is 0 Å². The molecular formula is C17H21FN3Na3O13P2. The summed E-state index contributed by atoms with van der Waals surface area (Å²) in [5, 5.41) is 24.5. The Morgan fingerprint density at radius 2 is 1.74 bits per heavy atom. The minimum Gasteiger partial charge on any atom is -1.00 e. The van der Waals surface area contributed by atoms with Crippen molar-refractivity contribution in [2.75, 3.05) is 6.61 Å². The molecule has 3 aromatic rings. The minimum atomic E-state index is -5.40. The standard InChI is InChI=1S/C17H18FN3O13P2.3Na.3H/c18-9-3-1-2-8-10(19-33-15(8)9)6-21-12(22)4-5-20(17(21)25)16-14(24)13(23)11(32-16)7-31-36(29,30)34-35(26,27)28;;;;;;/h1-5,11,13-14,16,23-24H,6-7H2,(H,29,30)(H2,26,27,28);;;;;;/q;3*+1;3*-1/t11-,13?,14+,16-;;;;;;/m1....../s1. The average molecular weight is 625 g/mol. The number of benzene rings is 1. The van der Waals surface area contributed by atoms with Crippen LogP contribution in [0.5, 0.6) is 0 Å². The summed E-state index contributed by atoms with van der Waals surface area (Å²) < 4.78 is 56.0. The number of aliphatic hydroxyl groups excluding tert-OH is 2. The quantitative estimate of drug-likeness (QED) is 0.116. The molecule has 0 radical (unpaired) electrons. The molecule has 1 aliphatic heterocycles. The number of fused-ring (bicyclic) bond motifs is 1. The maximum Gasteiger partial charge on any atom is 1.00 e. The third kappa shape index (κ3) is 8.74. The molecule has 4 rings (SSSR count). The van der Waals surface area contributed by atoms with Crippen molar-refractivity contribution in [3.05, 3.63) is 62.8 Å². The van der Waals surface area contributed by atoms with Gasteiger partial charge in [0.2, 0.25) is 5.58 Å². The summed E-state index contributed by atoms with van der Waals surface area (Å²) in [4.78, 5) is 52.0. The SMILES string of the molecule is O=c1ccn([C@@H]2O[C@H](COP(=O)(O)OP(=O)(O)O)C(O)[C@@H]2O)c(=O)n1Cc1noc2c(F)cccc12.[H-].[H-].[H-].[Na+].[Na+].[Na+]. The number of aromatic nitrogens is 3. The second-order valence-corrected chi connectivity index (χ2v) is 10.4. The van der Waals surface area contributed by atoms with E-state index in [0.29, 0.717) is 4.57 Å². The predicted molar refractivity (Wildman–Crippen MR) is 116 cm³/mol. The van der Waals surface area contributed by atoms with Gasteiger partial charge in [0.1, 0.15) is 24.0 Å². The largest absolute Gasteiger partial charge is 1.00 e. The molecule has 39 heavy (non-hydrogen) atoms. The summed E-state index contributed by atoms with van der Waals surface area (Å²) >= 11 is 0. The van der Waals surface area contributed by atoms with E-state index in [4.69, 9.17) is 19.0 Å². The molecule has 5 N–H and O–H groups in total. The molecule has 0 bridgehead atoms. The van der Waals surface area contributed by atoms with Crippen LogP contribution in [0.1, 0.15) is 16.2 Å². The summed E-state index contributed by atoms with van der Waals surface area (Å²) in [7, 11) is -10.7. The summed E-state index contributed by atoms with van der Waals surface area (Å²) in [5.41, 5.74) is -1.93. The number of rotatable bonds is 8. The molecule has 3 heterocycles. The van der Waals surface area contributed by atoms with E-state index < -0.39 is 70.4 Å². The molecule has 2 unspecified atom stereocenters. The van der Waals surface area contributed by atoms with E-state index in [1.807, 2.05) is 0 Å². The van der Waals surface area contributed by atoms with Gasteiger partial charge in [-0.2, -0.15) is 4.31 Å². The molecule has 5 atom stereocenters. The van der Waals surface area contributed by atoms with Gasteiger partial charge in [-0.05, 0) is 12.1 Å². The van der Waals surface area contributed by atoms with Crippen LogP contribution in [0.4, 0.5) is 4.39 Å². The van der Waals surface area contributed by atoms with Crippen molar-refractivity contribution in [1.29, 1.82) is 0 Å². The second kappa shape index (κ2) is 14.8. The van der Waals surface area contributed by atoms with Crippen LogP contribution in [-0.4, -0.2) is 64.1 Å². The maximum atomic E-state index is 13.9. The molecule has 1 fully saturated rings. The topological polar surface area (TPSA) is 233 Å².